The highest BCUT2D eigenvalue weighted by atomic mass is 32.2. The standard InChI is InChI=1S/C23H27N3O4S/c1-3-4-5-6-14-30-20-12-10-18(11-13-20)23(27)25-26-31(28,29)21-9-7-8-19-15-17(2)16-24-22(19)21/h7-13,15-16,26H,3-6,14H2,1-2H3,(H,25,27). The molecular weight excluding hydrogens is 414 g/mol. The number of carbonyl (C=O) groups is 1. The van der Waals surface area contributed by atoms with Gasteiger partial charge in [0, 0.05) is 17.1 Å². The molecule has 0 saturated carbocycles. The summed E-state index contributed by atoms with van der Waals surface area (Å²) in [7, 11) is -4.00. The number of aromatic nitrogens is 1. The molecule has 7 nitrogen and oxygen atoms in total. The van der Waals surface area contributed by atoms with Crippen LogP contribution in [0.5, 0.6) is 5.75 Å². The van der Waals surface area contributed by atoms with Crippen LogP contribution >= 0.6 is 0 Å². The molecule has 0 atom stereocenters. The van der Waals surface area contributed by atoms with E-state index in [0.717, 1.165) is 18.4 Å². The van der Waals surface area contributed by atoms with Gasteiger partial charge in [0.15, 0.2) is 0 Å². The Morgan fingerprint density at radius 2 is 1.84 bits per heavy atom. The first-order valence-electron chi connectivity index (χ1n) is 10.3. The van der Waals surface area contributed by atoms with Crippen molar-refractivity contribution in [3.63, 3.8) is 0 Å². The summed E-state index contributed by atoms with van der Waals surface area (Å²) in [6.07, 6.45) is 6.08. The smallest absolute Gasteiger partial charge is 0.266 e. The topological polar surface area (TPSA) is 97.4 Å². The minimum absolute atomic E-state index is 0.00267. The molecule has 0 fully saturated rings. The number of sulfonamides is 1. The summed E-state index contributed by atoms with van der Waals surface area (Å²) in [6.45, 7) is 4.67. The van der Waals surface area contributed by atoms with Crippen LogP contribution in [0.2, 0.25) is 0 Å². The lowest BCUT2D eigenvalue weighted by Gasteiger charge is -2.11. The summed E-state index contributed by atoms with van der Waals surface area (Å²) in [5.41, 5.74) is 3.84. The molecule has 0 unspecified atom stereocenters. The zero-order valence-corrected chi connectivity index (χ0v) is 18.5. The van der Waals surface area contributed by atoms with Crippen molar-refractivity contribution in [2.45, 2.75) is 44.4 Å². The molecule has 0 aliphatic heterocycles. The Bertz CT molecular complexity index is 1150. The average Bonchev–Trinajstić information content (AvgIpc) is 2.77. The Morgan fingerprint density at radius 1 is 1.06 bits per heavy atom. The molecular formula is C23H27N3O4S. The summed E-state index contributed by atoms with van der Waals surface area (Å²) in [6, 6.07) is 13.3. The Balaban J connectivity index is 1.61. The van der Waals surface area contributed by atoms with Crippen molar-refractivity contribution in [3.05, 3.63) is 65.9 Å². The van der Waals surface area contributed by atoms with Crippen LogP contribution in [0.3, 0.4) is 0 Å². The first-order valence-corrected chi connectivity index (χ1v) is 11.8. The van der Waals surface area contributed by atoms with Crippen LogP contribution in [-0.2, 0) is 10.0 Å². The van der Waals surface area contributed by atoms with Crippen LogP contribution in [0, 0.1) is 6.92 Å². The number of amides is 1. The summed E-state index contributed by atoms with van der Waals surface area (Å²) in [4.78, 5) is 18.8. The second kappa shape index (κ2) is 10.4. The Kier molecular flexibility index (Phi) is 7.59. The zero-order chi connectivity index (χ0) is 22.3. The third-order valence-electron chi connectivity index (χ3n) is 4.78. The van der Waals surface area contributed by atoms with Gasteiger partial charge in [0.1, 0.15) is 10.6 Å². The predicted octanol–water partition coefficient (Wildman–Crippen LogP) is 4.13. The lowest BCUT2D eigenvalue weighted by Crippen LogP contribution is -2.41. The number of hydrazine groups is 1. The molecule has 2 aromatic carbocycles. The van der Waals surface area contributed by atoms with Gasteiger partial charge >= 0.3 is 0 Å². The van der Waals surface area contributed by atoms with Crippen LogP contribution in [0.15, 0.2) is 59.6 Å². The van der Waals surface area contributed by atoms with Crippen LogP contribution in [0.4, 0.5) is 0 Å². The Morgan fingerprint density at radius 3 is 2.58 bits per heavy atom. The minimum Gasteiger partial charge on any atom is -0.494 e. The van der Waals surface area contributed by atoms with E-state index in [1.807, 2.05) is 13.0 Å². The number of benzene rings is 2. The third-order valence-corrected chi connectivity index (χ3v) is 6.06. The third kappa shape index (κ3) is 6.02. The van der Waals surface area contributed by atoms with Crippen molar-refractivity contribution < 1.29 is 17.9 Å². The normalized spacial score (nSPS) is 11.4. The number of nitrogens with one attached hydrogen (secondary N) is 2. The van der Waals surface area contributed by atoms with E-state index in [9.17, 15) is 13.2 Å². The highest BCUT2D eigenvalue weighted by Gasteiger charge is 2.19. The molecule has 0 radical (unpaired) electrons. The van der Waals surface area contributed by atoms with Gasteiger partial charge in [-0.1, -0.05) is 38.3 Å². The molecule has 164 valence electrons. The molecule has 0 saturated heterocycles. The van der Waals surface area contributed by atoms with Crippen molar-refractivity contribution in [1.82, 2.24) is 15.2 Å². The van der Waals surface area contributed by atoms with Crippen LogP contribution in [0.1, 0.15) is 48.5 Å². The van der Waals surface area contributed by atoms with E-state index in [-0.39, 0.29) is 4.90 Å². The fourth-order valence-electron chi connectivity index (χ4n) is 3.12. The van der Waals surface area contributed by atoms with E-state index in [1.165, 1.54) is 18.9 Å². The molecule has 1 heterocycles. The highest BCUT2D eigenvalue weighted by molar-refractivity contribution is 7.89. The molecule has 1 aromatic heterocycles. The van der Waals surface area contributed by atoms with Gasteiger partial charge in [-0.15, -0.1) is 4.83 Å². The summed E-state index contributed by atoms with van der Waals surface area (Å²) < 4.78 is 31.1. The van der Waals surface area contributed by atoms with Crippen LogP contribution in [0.25, 0.3) is 10.9 Å². The van der Waals surface area contributed by atoms with Gasteiger partial charge in [-0.05, 0) is 55.3 Å². The second-order valence-corrected chi connectivity index (χ2v) is 8.98. The van der Waals surface area contributed by atoms with Crippen molar-refractivity contribution in [2.75, 3.05) is 6.61 Å². The lowest BCUT2D eigenvalue weighted by molar-refractivity contribution is 0.0945. The van der Waals surface area contributed by atoms with E-state index in [2.05, 4.69) is 22.2 Å². The number of hydrogen-bond acceptors (Lipinski definition) is 5. The maximum absolute atomic E-state index is 12.7. The first-order chi connectivity index (χ1) is 14.9. The van der Waals surface area contributed by atoms with E-state index >= 15 is 0 Å². The molecule has 0 aliphatic carbocycles. The van der Waals surface area contributed by atoms with Gasteiger partial charge < -0.3 is 4.74 Å². The molecule has 3 aromatic rings. The summed E-state index contributed by atoms with van der Waals surface area (Å²) in [5.74, 6) is 0.105. The van der Waals surface area contributed by atoms with Gasteiger partial charge in [0.2, 0.25) is 0 Å². The first kappa shape index (κ1) is 22.7. The van der Waals surface area contributed by atoms with Gasteiger partial charge in [-0.3, -0.25) is 15.2 Å². The Hall–Kier alpha value is -2.97. The molecule has 0 aliphatic rings. The number of hydrogen-bond donors (Lipinski definition) is 2. The van der Waals surface area contributed by atoms with E-state index in [1.54, 1.807) is 42.6 Å². The number of nitrogens with zero attached hydrogens (tertiary/aromatic N) is 1. The number of pyridine rings is 1. The maximum Gasteiger partial charge on any atom is 0.266 e. The number of aryl methyl sites for hydroxylation is 1. The molecule has 1 amide bonds. The highest BCUT2D eigenvalue weighted by Crippen LogP contribution is 2.21. The SMILES string of the molecule is CCCCCCOc1ccc(C(=O)NNS(=O)(=O)c2cccc3cc(C)cnc23)cc1. The van der Waals surface area contributed by atoms with E-state index < -0.39 is 15.9 Å². The van der Waals surface area contributed by atoms with Crippen molar-refractivity contribution in [1.29, 1.82) is 0 Å². The zero-order valence-electron chi connectivity index (χ0n) is 17.7. The average molecular weight is 442 g/mol. The van der Waals surface area contributed by atoms with Crippen molar-refractivity contribution >= 4 is 26.8 Å². The number of rotatable bonds is 10. The summed E-state index contributed by atoms with van der Waals surface area (Å²) >= 11 is 0. The van der Waals surface area contributed by atoms with Gasteiger partial charge in [0.05, 0.1) is 12.1 Å². The molecule has 3 rings (SSSR count). The quantitative estimate of drug-likeness (QED) is 0.364. The van der Waals surface area contributed by atoms with Gasteiger partial charge in [0.25, 0.3) is 15.9 Å². The fourth-order valence-corrected chi connectivity index (χ4v) is 4.14. The number of ether oxygens (including phenoxy) is 1. The minimum atomic E-state index is -4.00. The number of para-hydroxylation sites is 1. The molecule has 2 N–H and O–H groups in total. The number of carbonyl (C=O) groups excluding carboxylic acids is 1. The molecule has 8 heteroatoms. The summed E-state index contributed by atoms with van der Waals surface area (Å²) in [5, 5.41) is 0.708. The number of unbranched alkanes of at least 4 members (excludes halogenated alkanes) is 3. The molecule has 31 heavy (non-hydrogen) atoms. The Labute approximate surface area is 182 Å². The van der Waals surface area contributed by atoms with E-state index in [0.29, 0.717) is 28.8 Å². The van der Waals surface area contributed by atoms with Gasteiger partial charge in [-0.2, -0.15) is 0 Å². The van der Waals surface area contributed by atoms with Gasteiger partial charge in [-0.25, -0.2) is 8.42 Å². The number of fused-ring (bicyclic) bond motifs is 1. The maximum atomic E-state index is 12.7. The molecule has 0 spiro atoms. The van der Waals surface area contributed by atoms with E-state index in [4.69, 9.17) is 4.74 Å². The van der Waals surface area contributed by atoms with Crippen LogP contribution < -0.4 is 15.0 Å². The van der Waals surface area contributed by atoms with Crippen molar-refractivity contribution in [2.24, 2.45) is 0 Å². The van der Waals surface area contributed by atoms with Crippen molar-refractivity contribution in [3.8, 4) is 5.75 Å². The second-order valence-electron chi connectivity index (χ2n) is 7.33. The monoisotopic (exact) mass is 441 g/mol. The molecule has 0 bridgehead atoms. The largest absolute Gasteiger partial charge is 0.494 e. The fraction of sp³-hybridized carbons (Fsp3) is 0.304. The predicted molar refractivity (Wildman–Crippen MR) is 120 cm³/mol. The van der Waals surface area contributed by atoms with Crippen LogP contribution in [-0.4, -0.2) is 25.9 Å². The lowest BCUT2D eigenvalue weighted by atomic mass is 10.2.